The van der Waals surface area contributed by atoms with Crippen LogP contribution in [0.1, 0.15) is 37.0 Å². The Morgan fingerprint density at radius 3 is 2.68 bits per heavy atom. The van der Waals surface area contributed by atoms with E-state index >= 15 is 0 Å². The van der Waals surface area contributed by atoms with Crippen LogP contribution < -0.4 is 9.47 Å². The van der Waals surface area contributed by atoms with Crippen molar-refractivity contribution in [1.29, 1.82) is 5.26 Å². The van der Waals surface area contributed by atoms with Crippen molar-refractivity contribution in [3.05, 3.63) is 22.7 Å². The average molecular weight is 325 g/mol. The maximum Gasteiger partial charge on any atom is 0.253 e. The predicted octanol–water partition coefficient (Wildman–Crippen LogP) is 3.51. The lowest BCUT2D eigenvalue weighted by molar-refractivity contribution is 0.0797. The molecule has 0 aromatic heterocycles. The highest BCUT2D eigenvalue weighted by atomic mass is 35.5. The molecule has 0 unspecified atom stereocenters. The van der Waals surface area contributed by atoms with Crippen molar-refractivity contribution in [1.82, 2.24) is 4.90 Å². The van der Waals surface area contributed by atoms with Gasteiger partial charge in [-0.2, -0.15) is 5.26 Å². The summed E-state index contributed by atoms with van der Waals surface area (Å²) in [5.41, 5.74) is 0.415. The van der Waals surface area contributed by atoms with Gasteiger partial charge in [-0.15, -0.1) is 0 Å². The number of nitrogens with zero attached hydrogens (tertiary/aromatic N) is 2. The quantitative estimate of drug-likeness (QED) is 0.734. The van der Waals surface area contributed by atoms with Gasteiger partial charge < -0.3 is 14.4 Å². The number of halogens is 1. The van der Waals surface area contributed by atoms with Crippen molar-refractivity contribution in [2.75, 3.05) is 26.8 Å². The minimum atomic E-state index is -0.208. The molecule has 5 nitrogen and oxygen atoms in total. The van der Waals surface area contributed by atoms with Crippen LogP contribution in [-0.2, 0) is 0 Å². The van der Waals surface area contributed by atoms with Gasteiger partial charge in [-0.1, -0.05) is 18.5 Å². The maximum atomic E-state index is 12.3. The molecule has 0 heterocycles. The first-order valence-electron chi connectivity index (χ1n) is 7.26. The van der Waals surface area contributed by atoms with Gasteiger partial charge in [0.15, 0.2) is 11.5 Å². The van der Waals surface area contributed by atoms with Crippen molar-refractivity contribution < 1.29 is 14.3 Å². The van der Waals surface area contributed by atoms with E-state index in [-0.39, 0.29) is 12.3 Å². The Morgan fingerprint density at radius 2 is 2.09 bits per heavy atom. The Bertz CT molecular complexity index is 555. The van der Waals surface area contributed by atoms with Crippen LogP contribution in [-0.4, -0.2) is 37.6 Å². The van der Waals surface area contributed by atoms with Gasteiger partial charge >= 0.3 is 0 Å². The summed E-state index contributed by atoms with van der Waals surface area (Å²) in [6.07, 6.45) is 1.13. The third-order valence-electron chi connectivity index (χ3n) is 2.91. The van der Waals surface area contributed by atoms with Gasteiger partial charge in [-0.3, -0.25) is 4.79 Å². The fraction of sp³-hybridized carbons (Fsp3) is 0.500. The molecule has 0 N–H and O–H groups in total. The Hall–Kier alpha value is -1.93. The van der Waals surface area contributed by atoms with Crippen LogP contribution >= 0.6 is 11.6 Å². The SMILES string of the molecule is CCCOc1c(Cl)cc(C(=O)N(C)CCC#N)cc1OCC. The van der Waals surface area contributed by atoms with Gasteiger partial charge in [-0.25, -0.2) is 0 Å². The largest absolute Gasteiger partial charge is 0.490 e. The lowest BCUT2D eigenvalue weighted by Crippen LogP contribution is -2.27. The molecular weight excluding hydrogens is 304 g/mol. The van der Waals surface area contributed by atoms with Crippen LogP contribution in [0.2, 0.25) is 5.02 Å². The monoisotopic (exact) mass is 324 g/mol. The second-order valence-corrected chi connectivity index (χ2v) is 5.11. The van der Waals surface area contributed by atoms with Crippen molar-refractivity contribution in [3.8, 4) is 17.6 Å². The molecule has 1 aromatic rings. The molecular formula is C16H21ClN2O3. The third-order valence-corrected chi connectivity index (χ3v) is 3.19. The molecule has 0 spiro atoms. The lowest BCUT2D eigenvalue weighted by Gasteiger charge is -2.18. The topological polar surface area (TPSA) is 62.6 Å². The summed E-state index contributed by atoms with van der Waals surface area (Å²) in [6.45, 7) is 5.18. The zero-order valence-corrected chi connectivity index (χ0v) is 13.9. The molecule has 0 radical (unpaired) electrons. The molecule has 1 aromatic carbocycles. The molecule has 0 atom stereocenters. The second kappa shape index (κ2) is 9.16. The van der Waals surface area contributed by atoms with Gasteiger partial charge in [0.1, 0.15) is 0 Å². The highest BCUT2D eigenvalue weighted by Crippen LogP contribution is 2.37. The van der Waals surface area contributed by atoms with Gasteiger partial charge in [-0.05, 0) is 25.5 Å². The van der Waals surface area contributed by atoms with Crippen LogP contribution in [0, 0.1) is 11.3 Å². The fourth-order valence-corrected chi connectivity index (χ4v) is 2.10. The highest BCUT2D eigenvalue weighted by molar-refractivity contribution is 6.32. The van der Waals surface area contributed by atoms with Crippen LogP contribution in [0.15, 0.2) is 12.1 Å². The standard InChI is InChI=1S/C16H21ClN2O3/c1-4-9-22-15-13(17)10-12(11-14(15)21-5-2)16(20)19(3)8-6-7-18/h10-11H,4-6,8-9H2,1-3H3. The Balaban J connectivity index is 3.07. The average Bonchev–Trinajstić information content (AvgIpc) is 2.51. The number of carbonyl (C=O) groups excluding carboxylic acids is 1. The molecule has 1 amide bonds. The van der Waals surface area contributed by atoms with E-state index in [4.69, 9.17) is 26.3 Å². The summed E-state index contributed by atoms with van der Waals surface area (Å²) >= 11 is 6.23. The molecule has 0 bridgehead atoms. The molecule has 1 rings (SSSR count). The number of hydrogen-bond acceptors (Lipinski definition) is 4. The van der Waals surface area contributed by atoms with Crippen molar-refractivity contribution in [2.24, 2.45) is 0 Å². The van der Waals surface area contributed by atoms with E-state index in [2.05, 4.69) is 0 Å². The summed E-state index contributed by atoms with van der Waals surface area (Å²) < 4.78 is 11.1. The van der Waals surface area contributed by atoms with Gasteiger partial charge in [0.2, 0.25) is 0 Å². The molecule has 0 aliphatic rings. The summed E-state index contributed by atoms with van der Waals surface area (Å²) in [5, 5.41) is 8.94. The normalized spacial score (nSPS) is 9.95. The van der Waals surface area contributed by atoms with E-state index in [1.165, 1.54) is 4.90 Å². The summed E-state index contributed by atoms with van der Waals surface area (Å²) in [5.74, 6) is 0.710. The molecule has 0 aliphatic heterocycles. The van der Waals surface area contributed by atoms with Crippen molar-refractivity contribution >= 4 is 17.5 Å². The minimum absolute atomic E-state index is 0.208. The number of nitriles is 1. The number of benzene rings is 1. The van der Waals surface area contributed by atoms with E-state index in [9.17, 15) is 4.79 Å². The molecule has 0 aliphatic carbocycles. The number of ether oxygens (including phenoxy) is 2. The maximum absolute atomic E-state index is 12.3. The Morgan fingerprint density at radius 1 is 1.36 bits per heavy atom. The highest BCUT2D eigenvalue weighted by Gasteiger charge is 2.18. The van der Waals surface area contributed by atoms with E-state index in [0.717, 1.165) is 6.42 Å². The van der Waals surface area contributed by atoms with Crippen LogP contribution in [0.4, 0.5) is 0 Å². The molecule has 0 fully saturated rings. The first kappa shape index (κ1) is 18.1. The van der Waals surface area contributed by atoms with Crippen LogP contribution in [0.5, 0.6) is 11.5 Å². The molecule has 0 saturated heterocycles. The molecule has 6 heteroatoms. The lowest BCUT2D eigenvalue weighted by atomic mass is 10.1. The second-order valence-electron chi connectivity index (χ2n) is 4.70. The number of amides is 1. The first-order chi connectivity index (χ1) is 10.5. The van der Waals surface area contributed by atoms with Gasteiger partial charge in [0.25, 0.3) is 5.91 Å². The molecule has 22 heavy (non-hydrogen) atoms. The molecule has 120 valence electrons. The van der Waals surface area contributed by atoms with Gasteiger partial charge in [0.05, 0.1) is 30.7 Å². The van der Waals surface area contributed by atoms with E-state index < -0.39 is 0 Å². The van der Waals surface area contributed by atoms with E-state index in [1.54, 1.807) is 19.2 Å². The predicted molar refractivity (Wildman–Crippen MR) is 85.6 cm³/mol. The Labute approximate surface area is 136 Å². The summed E-state index contributed by atoms with van der Waals surface area (Å²) in [7, 11) is 1.65. The fourth-order valence-electron chi connectivity index (χ4n) is 1.84. The van der Waals surface area contributed by atoms with Crippen molar-refractivity contribution in [3.63, 3.8) is 0 Å². The number of rotatable bonds is 8. The number of hydrogen-bond donors (Lipinski definition) is 0. The third kappa shape index (κ3) is 4.81. The number of carbonyl (C=O) groups is 1. The zero-order chi connectivity index (χ0) is 16.5. The smallest absolute Gasteiger partial charge is 0.253 e. The minimum Gasteiger partial charge on any atom is -0.490 e. The first-order valence-corrected chi connectivity index (χ1v) is 7.64. The zero-order valence-electron chi connectivity index (χ0n) is 13.2. The van der Waals surface area contributed by atoms with Gasteiger partial charge in [0, 0.05) is 19.2 Å². The Kier molecular flexibility index (Phi) is 7.55. The van der Waals surface area contributed by atoms with E-state index in [0.29, 0.717) is 41.8 Å². The van der Waals surface area contributed by atoms with E-state index in [1.807, 2.05) is 19.9 Å². The summed E-state index contributed by atoms with van der Waals surface area (Å²) in [6, 6.07) is 5.22. The van der Waals surface area contributed by atoms with Crippen LogP contribution in [0.25, 0.3) is 0 Å². The summed E-state index contributed by atoms with van der Waals surface area (Å²) in [4.78, 5) is 13.8. The molecule has 0 saturated carbocycles. The van der Waals surface area contributed by atoms with Crippen LogP contribution in [0.3, 0.4) is 0 Å². The van der Waals surface area contributed by atoms with Crippen molar-refractivity contribution in [2.45, 2.75) is 26.7 Å².